The number of hydrogen-bond donors (Lipinski definition) is 2. The molecule has 1 aromatic rings. The van der Waals surface area contributed by atoms with Crippen molar-refractivity contribution in [1.82, 2.24) is 5.32 Å². The van der Waals surface area contributed by atoms with Gasteiger partial charge in [0.15, 0.2) is 16.5 Å². The van der Waals surface area contributed by atoms with Crippen LogP contribution in [0.5, 0.6) is 5.75 Å². The van der Waals surface area contributed by atoms with Crippen LogP contribution in [0.4, 0.5) is 0 Å². The molecule has 7 nitrogen and oxygen atoms in total. The summed E-state index contributed by atoms with van der Waals surface area (Å²) >= 11 is 0. The van der Waals surface area contributed by atoms with Crippen molar-refractivity contribution in [3.8, 4) is 24.0 Å². The summed E-state index contributed by atoms with van der Waals surface area (Å²) < 4.78 is 5.21. The molecule has 1 saturated carbocycles. The topological polar surface area (TPSA) is 137 Å². The minimum atomic E-state index is -1.79. The van der Waals surface area contributed by atoms with Crippen molar-refractivity contribution in [2.45, 2.75) is 37.8 Å². The van der Waals surface area contributed by atoms with E-state index in [1.54, 1.807) is 31.4 Å². The highest BCUT2D eigenvalue weighted by Gasteiger charge is 2.77. The van der Waals surface area contributed by atoms with Crippen LogP contribution in [-0.4, -0.2) is 18.7 Å². The first-order valence-electron chi connectivity index (χ1n) is 8.93. The number of hydrogen-bond acceptors (Lipinski definition) is 5. The van der Waals surface area contributed by atoms with E-state index in [0.717, 1.165) is 12.0 Å². The first kappa shape index (κ1) is 18.7. The maximum absolute atomic E-state index is 12.9. The molecule has 1 heterocycles. The van der Waals surface area contributed by atoms with E-state index in [0.29, 0.717) is 12.2 Å². The highest BCUT2D eigenvalue weighted by Crippen LogP contribution is 2.64. The van der Waals surface area contributed by atoms with Gasteiger partial charge in [0, 0.05) is 11.8 Å². The Balaban J connectivity index is 2.31. The second-order valence-corrected chi connectivity index (χ2v) is 7.48. The third-order valence-electron chi connectivity index (χ3n) is 6.20. The largest absolute Gasteiger partial charge is 0.497 e. The summed E-state index contributed by atoms with van der Waals surface area (Å²) in [5.41, 5.74) is 0.566. The Labute approximate surface area is 158 Å². The third kappa shape index (κ3) is 2.24. The summed E-state index contributed by atoms with van der Waals surface area (Å²) in [4.78, 5) is 12.9. The van der Waals surface area contributed by atoms with E-state index in [-0.39, 0.29) is 12.3 Å². The zero-order chi connectivity index (χ0) is 19.9. The summed E-state index contributed by atoms with van der Waals surface area (Å²) in [5.74, 6) is -0.788. The fourth-order valence-corrected chi connectivity index (χ4v) is 4.94. The van der Waals surface area contributed by atoms with Crippen molar-refractivity contribution in [2.75, 3.05) is 7.11 Å². The quantitative estimate of drug-likeness (QED) is 0.827. The number of fused-ring (bicyclic) bond motifs is 2. The molecule has 1 aliphatic heterocycles. The summed E-state index contributed by atoms with van der Waals surface area (Å²) in [7, 11) is 1.56. The number of nitrogens with zero attached hydrogens (tertiary/aromatic N) is 3. The number of nitriles is 3. The van der Waals surface area contributed by atoms with Crippen molar-refractivity contribution in [3.63, 3.8) is 0 Å². The van der Waals surface area contributed by atoms with Gasteiger partial charge in [-0.25, -0.2) is 0 Å². The molecule has 1 aromatic carbocycles. The van der Waals surface area contributed by atoms with E-state index in [4.69, 9.17) is 4.74 Å². The molecule has 1 amide bonds. The molecule has 2 bridgehead atoms. The van der Waals surface area contributed by atoms with E-state index in [1.165, 1.54) is 0 Å². The minimum absolute atomic E-state index is 0.0633. The number of carbonyl (C=O) groups is 1. The number of nitrogens with one attached hydrogen (secondary N) is 1. The number of amides is 1. The Morgan fingerprint density at radius 2 is 1.85 bits per heavy atom. The molecule has 0 radical (unpaired) electrons. The molecule has 4 atom stereocenters. The van der Waals surface area contributed by atoms with Crippen molar-refractivity contribution in [3.05, 3.63) is 29.8 Å². The zero-order valence-corrected chi connectivity index (χ0v) is 15.5. The van der Waals surface area contributed by atoms with Gasteiger partial charge in [-0.05, 0) is 24.1 Å². The van der Waals surface area contributed by atoms with Gasteiger partial charge in [0.1, 0.15) is 5.75 Å². The lowest BCUT2D eigenvalue weighted by atomic mass is 9.47. The number of benzene rings is 1. The molecule has 138 valence electrons. The van der Waals surface area contributed by atoms with Gasteiger partial charge in [0.2, 0.25) is 5.91 Å². The lowest BCUT2D eigenvalue weighted by Gasteiger charge is -2.48. The first-order chi connectivity index (χ1) is 12.9. The van der Waals surface area contributed by atoms with Crippen LogP contribution in [0.15, 0.2) is 24.3 Å². The molecule has 27 heavy (non-hydrogen) atoms. The molecule has 4 N–H and O–H groups in total. The van der Waals surface area contributed by atoms with E-state index in [1.807, 2.05) is 13.0 Å². The number of ether oxygens (including phenoxy) is 1. The maximum atomic E-state index is 12.9. The Kier molecular flexibility index (Phi) is 4.34. The smallest absolute Gasteiger partial charge is 0.248 e. The van der Waals surface area contributed by atoms with Crippen LogP contribution in [0, 0.1) is 50.7 Å². The molecule has 1 saturated heterocycles. The molecular formula is C20H22N5O2+. The van der Waals surface area contributed by atoms with Gasteiger partial charge in [0.05, 0.1) is 31.7 Å². The molecule has 3 rings (SSSR count). The second kappa shape index (κ2) is 6.27. The summed E-state index contributed by atoms with van der Waals surface area (Å²) in [6.45, 7) is 2.01. The molecule has 7 heteroatoms. The molecule has 2 fully saturated rings. The van der Waals surface area contributed by atoms with E-state index < -0.39 is 28.3 Å². The van der Waals surface area contributed by atoms with E-state index >= 15 is 0 Å². The minimum Gasteiger partial charge on any atom is -0.497 e. The fourth-order valence-electron chi connectivity index (χ4n) is 4.94. The second-order valence-electron chi connectivity index (χ2n) is 7.48. The Morgan fingerprint density at radius 1 is 1.22 bits per heavy atom. The Bertz CT molecular complexity index is 877. The van der Waals surface area contributed by atoms with Crippen LogP contribution < -0.4 is 15.8 Å². The van der Waals surface area contributed by atoms with Gasteiger partial charge in [-0.15, -0.1) is 0 Å². The Morgan fingerprint density at radius 3 is 2.33 bits per heavy atom. The van der Waals surface area contributed by atoms with E-state index in [2.05, 4.69) is 23.2 Å². The molecular weight excluding hydrogens is 342 g/mol. The van der Waals surface area contributed by atoms with Gasteiger partial charge in [-0.3, -0.25) is 4.79 Å². The molecule has 2 aliphatic rings. The van der Waals surface area contributed by atoms with Crippen molar-refractivity contribution in [2.24, 2.45) is 16.7 Å². The van der Waals surface area contributed by atoms with Gasteiger partial charge in [0.25, 0.3) is 0 Å². The summed E-state index contributed by atoms with van der Waals surface area (Å²) in [5, 5.41) is 33.1. The van der Waals surface area contributed by atoms with Crippen LogP contribution in [-0.2, 0) is 4.79 Å². The van der Waals surface area contributed by atoms with Gasteiger partial charge in [-0.1, -0.05) is 25.5 Å². The predicted molar refractivity (Wildman–Crippen MR) is 94.2 cm³/mol. The van der Waals surface area contributed by atoms with Crippen LogP contribution in [0.2, 0.25) is 0 Å². The summed E-state index contributed by atoms with van der Waals surface area (Å²) in [6.07, 6.45) is 1.54. The normalized spacial score (nSPS) is 33.3. The highest BCUT2D eigenvalue weighted by molar-refractivity contribution is 5.92. The van der Waals surface area contributed by atoms with E-state index in [9.17, 15) is 20.6 Å². The third-order valence-corrected chi connectivity index (χ3v) is 6.20. The van der Waals surface area contributed by atoms with Crippen LogP contribution in [0.3, 0.4) is 0 Å². The molecule has 0 unspecified atom stereocenters. The lowest BCUT2D eigenvalue weighted by Crippen LogP contribution is -2.83. The van der Waals surface area contributed by atoms with Gasteiger partial charge < -0.3 is 15.8 Å². The summed E-state index contributed by atoms with van der Waals surface area (Å²) in [6, 6.07) is 13.4. The van der Waals surface area contributed by atoms with Crippen LogP contribution >= 0.6 is 0 Å². The van der Waals surface area contributed by atoms with Crippen LogP contribution in [0.25, 0.3) is 0 Å². The maximum Gasteiger partial charge on any atom is 0.248 e. The molecule has 1 aliphatic carbocycles. The molecule has 0 aromatic heterocycles. The monoisotopic (exact) mass is 364 g/mol. The Hall–Kier alpha value is -3.08. The van der Waals surface area contributed by atoms with Crippen LogP contribution in [0.1, 0.15) is 37.7 Å². The fraction of sp³-hybridized carbons (Fsp3) is 0.500. The van der Waals surface area contributed by atoms with Crippen molar-refractivity contribution >= 4 is 5.91 Å². The lowest BCUT2D eigenvalue weighted by molar-refractivity contribution is -0.506. The number of methoxy groups -OCH3 is 1. The molecule has 0 spiro atoms. The number of quaternary nitrogens is 1. The zero-order valence-electron chi connectivity index (χ0n) is 15.5. The first-order valence-corrected chi connectivity index (χ1v) is 8.93. The van der Waals surface area contributed by atoms with Crippen molar-refractivity contribution < 1.29 is 15.3 Å². The van der Waals surface area contributed by atoms with Crippen molar-refractivity contribution in [1.29, 1.82) is 15.8 Å². The van der Waals surface area contributed by atoms with Gasteiger partial charge in [-0.2, -0.15) is 15.8 Å². The average molecular weight is 364 g/mol. The average Bonchev–Trinajstić information content (AvgIpc) is 2.94. The SMILES string of the molecule is CCC[C@@H]1[C@H](c2ccc(OC)cc2)C(C#N)(C#N)[C@@]2(C#N)C[C@]1([NH3+])NC2=O. The predicted octanol–water partition coefficient (Wildman–Crippen LogP) is 1.21. The highest BCUT2D eigenvalue weighted by atomic mass is 16.5. The van der Waals surface area contributed by atoms with Gasteiger partial charge >= 0.3 is 0 Å². The standard InChI is InChI=1S/C20H21N5O2/c1-3-4-15-16(13-5-7-14(27-2)8-6-13)19(11-22,12-23)18(10-21)9-20(15,24)25-17(18)26/h5-8,15-16H,3-4,9,24H2,1-2H3,(H,25,26)/p+1/t15-,16+,18-,20+/m1/s1. The number of carbonyl (C=O) groups excluding carboxylic acids is 1. The number of rotatable bonds is 4.